The van der Waals surface area contributed by atoms with Crippen molar-refractivity contribution in [1.29, 1.82) is 0 Å². The molecule has 0 radical (unpaired) electrons. The zero-order valence-corrected chi connectivity index (χ0v) is 25.9. The molecule has 3 aliphatic heterocycles. The standard InChI is InChI=1S/C33H47ClN6O2/c1-24(2)23-40(28-12-14-35-15-13-28)39-19-17-38(18-20-39)33(42)31(21-25-7-9-27(34)10-8-25)37-32(41)22-30-29-6-4-3-5-26(29)11-16-36-30/h3-10,24,28,30-31,35-36H,11-23H2,1-2H3,(H,37,41)/t30?,31-/m1/s1. The molecule has 0 aromatic heterocycles. The molecule has 1 unspecified atom stereocenters. The topological polar surface area (TPSA) is 80.0 Å². The van der Waals surface area contributed by atoms with E-state index < -0.39 is 6.04 Å². The van der Waals surface area contributed by atoms with Crippen LogP contribution in [0.5, 0.6) is 0 Å². The van der Waals surface area contributed by atoms with Crippen LogP contribution in [0.1, 0.15) is 55.8 Å². The highest BCUT2D eigenvalue weighted by molar-refractivity contribution is 6.30. The molecular weight excluding hydrogens is 548 g/mol. The number of amides is 2. The van der Waals surface area contributed by atoms with Crippen LogP contribution in [0.15, 0.2) is 48.5 Å². The van der Waals surface area contributed by atoms with E-state index >= 15 is 0 Å². The van der Waals surface area contributed by atoms with Crippen molar-refractivity contribution in [3.8, 4) is 0 Å². The molecule has 42 heavy (non-hydrogen) atoms. The van der Waals surface area contributed by atoms with Crippen molar-refractivity contribution < 1.29 is 9.59 Å². The van der Waals surface area contributed by atoms with Gasteiger partial charge in [-0.2, -0.15) is 0 Å². The summed E-state index contributed by atoms with van der Waals surface area (Å²) < 4.78 is 0. The number of fused-ring (bicyclic) bond motifs is 1. The van der Waals surface area contributed by atoms with Gasteiger partial charge in [0.25, 0.3) is 0 Å². The van der Waals surface area contributed by atoms with Crippen LogP contribution < -0.4 is 16.0 Å². The largest absolute Gasteiger partial charge is 0.344 e. The molecule has 2 saturated heterocycles. The van der Waals surface area contributed by atoms with Crippen LogP contribution in [0.25, 0.3) is 0 Å². The Bertz CT molecular complexity index is 1180. The summed E-state index contributed by atoms with van der Waals surface area (Å²) in [5.74, 6) is 0.459. The Balaban J connectivity index is 1.24. The van der Waals surface area contributed by atoms with Crippen molar-refractivity contribution in [2.75, 3.05) is 52.4 Å². The lowest BCUT2D eigenvalue weighted by Gasteiger charge is -2.46. The molecular formula is C33H47ClN6O2. The first kappa shape index (κ1) is 31.0. The van der Waals surface area contributed by atoms with E-state index in [2.05, 4.69) is 58.0 Å². The second-order valence-electron chi connectivity index (χ2n) is 12.4. The Morgan fingerprint density at radius 2 is 1.71 bits per heavy atom. The lowest BCUT2D eigenvalue weighted by molar-refractivity contribution is -0.144. The summed E-state index contributed by atoms with van der Waals surface area (Å²) in [7, 11) is 0. The van der Waals surface area contributed by atoms with Gasteiger partial charge >= 0.3 is 0 Å². The van der Waals surface area contributed by atoms with E-state index in [1.54, 1.807) is 0 Å². The van der Waals surface area contributed by atoms with Crippen molar-refractivity contribution in [1.82, 2.24) is 30.9 Å². The van der Waals surface area contributed by atoms with Gasteiger partial charge < -0.3 is 20.9 Å². The number of rotatable bonds is 10. The summed E-state index contributed by atoms with van der Waals surface area (Å²) >= 11 is 6.13. The SMILES string of the molecule is CC(C)CN(C1CCNCC1)N1CCN(C(=O)[C@@H](Cc2ccc(Cl)cc2)NC(=O)CC2NCCc3ccccc32)CC1. The summed E-state index contributed by atoms with van der Waals surface area (Å²) in [4.78, 5) is 29.3. The lowest BCUT2D eigenvalue weighted by Crippen LogP contribution is -2.61. The maximum atomic E-state index is 14.0. The zero-order valence-electron chi connectivity index (χ0n) is 25.2. The minimum atomic E-state index is -0.625. The predicted octanol–water partition coefficient (Wildman–Crippen LogP) is 3.41. The van der Waals surface area contributed by atoms with E-state index in [0.29, 0.717) is 42.9 Å². The Hall–Kier alpha value is -2.49. The number of benzene rings is 2. The van der Waals surface area contributed by atoms with E-state index in [1.165, 1.54) is 11.1 Å². The van der Waals surface area contributed by atoms with Crippen molar-refractivity contribution >= 4 is 23.4 Å². The molecule has 228 valence electrons. The molecule has 0 bridgehead atoms. The van der Waals surface area contributed by atoms with Crippen LogP contribution in [-0.4, -0.2) is 91.2 Å². The number of carbonyl (C=O) groups excluding carboxylic acids is 2. The molecule has 0 spiro atoms. The molecule has 2 atom stereocenters. The highest BCUT2D eigenvalue weighted by atomic mass is 35.5. The maximum absolute atomic E-state index is 14.0. The second-order valence-corrected chi connectivity index (χ2v) is 12.8. The fourth-order valence-electron chi connectivity index (χ4n) is 6.64. The molecule has 2 aromatic rings. The molecule has 0 aliphatic carbocycles. The number of piperidine rings is 1. The van der Waals surface area contributed by atoms with Gasteiger partial charge in [-0.15, -0.1) is 0 Å². The fourth-order valence-corrected chi connectivity index (χ4v) is 6.76. The summed E-state index contributed by atoms with van der Waals surface area (Å²) in [6.45, 7) is 11.5. The van der Waals surface area contributed by atoms with E-state index in [9.17, 15) is 9.59 Å². The molecule has 2 fully saturated rings. The second kappa shape index (κ2) is 14.8. The lowest BCUT2D eigenvalue weighted by atomic mass is 9.92. The molecule has 0 saturated carbocycles. The van der Waals surface area contributed by atoms with E-state index in [-0.39, 0.29) is 17.9 Å². The van der Waals surface area contributed by atoms with E-state index in [0.717, 1.165) is 64.1 Å². The number of halogens is 1. The summed E-state index contributed by atoms with van der Waals surface area (Å²) in [5, 5.41) is 15.8. The average Bonchev–Trinajstić information content (AvgIpc) is 3.01. The molecule has 9 heteroatoms. The third kappa shape index (κ3) is 8.11. The summed E-state index contributed by atoms with van der Waals surface area (Å²) in [5.41, 5.74) is 3.44. The van der Waals surface area contributed by atoms with Gasteiger partial charge in [0.15, 0.2) is 0 Å². The van der Waals surface area contributed by atoms with Crippen LogP contribution in [0.3, 0.4) is 0 Å². The van der Waals surface area contributed by atoms with Crippen molar-refractivity contribution in [2.45, 2.75) is 64.1 Å². The molecule has 8 nitrogen and oxygen atoms in total. The number of hydrazine groups is 1. The third-order valence-electron chi connectivity index (χ3n) is 8.80. The molecule has 3 heterocycles. The van der Waals surface area contributed by atoms with Crippen molar-refractivity contribution in [3.05, 3.63) is 70.2 Å². The molecule has 3 aliphatic rings. The Morgan fingerprint density at radius 1 is 1.00 bits per heavy atom. The fraction of sp³-hybridized carbons (Fsp3) is 0.576. The molecule has 5 rings (SSSR count). The highest BCUT2D eigenvalue weighted by Gasteiger charge is 2.33. The quantitative estimate of drug-likeness (QED) is 0.391. The van der Waals surface area contributed by atoms with Crippen LogP contribution in [0.2, 0.25) is 5.02 Å². The smallest absolute Gasteiger partial charge is 0.245 e. The van der Waals surface area contributed by atoms with Crippen molar-refractivity contribution in [2.24, 2.45) is 5.92 Å². The number of nitrogens with zero attached hydrogens (tertiary/aromatic N) is 3. The average molecular weight is 595 g/mol. The summed E-state index contributed by atoms with van der Waals surface area (Å²) in [6.07, 6.45) is 4.01. The normalized spacial score (nSPS) is 20.9. The van der Waals surface area contributed by atoms with Gasteiger partial charge in [-0.3, -0.25) is 9.59 Å². The third-order valence-corrected chi connectivity index (χ3v) is 9.06. The van der Waals surface area contributed by atoms with Crippen LogP contribution >= 0.6 is 11.6 Å². The Morgan fingerprint density at radius 3 is 2.43 bits per heavy atom. The zero-order chi connectivity index (χ0) is 29.5. The van der Waals surface area contributed by atoms with E-state index in [4.69, 9.17) is 11.6 Å². The monoisotopic (exact) mass is 594 g/mol. The first-order valence-corrected chi connectivity index (χ1v) is 16.1. The Kier molecular flexibility index (Phi) is 10.9. The van der Waals surface area contributed by atoms with Gasteiger partial charge in [-0.1, -0.05) is 61.8 Å². The summed E-state index contributed by atoms with van der Waals surface area (Å²) in [6, 6.07) is 15.7. The first-order chi connectivity index (χ1) is 20.4. The van der Waals surface area contributed by atoms with E-state index in [1.807, 2.05) is 35.2 Å². The number of carbonyl (C=O) groups is 2. The number of hydrogen-bond acceptors (Lipinski definition) is 6. The van der Waals surface area contributed by atoms with Crippen LogP contribution in [-0.2, 0) is 22.4 Å². The van der Waals surface area contributed by atoms with Gasteiger partial charge in [0, 0.05) is 62.7 Å². The minimum absolute atomic E-state index is 0.00719. The van der Waals surface area contributed by atoms with Gasteiger partial charge in [-0.25, -0.2) is 10.0 Å². The van der Waals surface area contributed by atoms with Crippen molar-refractivity contribution in [3.63, 3.8) is 0 Å². The number of piperazine rings is 1. The number of hydrogen-bond donors (Lipinski definition) is 3. The molecule has 2 amide bonds. The Labute approximate surface area is 256 Å². The van der Waals surface area contributed by atoms with Crippen LogP contribution in [0.4, 0.5) is 0 Å². The molecule has 2 aromatic carbocycles. The predicted molar refractivity (Wildman–Crippen MR) is 168 cm³/mol. The number of nitrogens with one attached hydrogen (secondary N) is 3. The van der Waals surface area contributed by atoms with Gasteiger partial charge in [0.1, 0.15) is 6.04 Å². The maximum Gasteiger partial charge on any atom is 0.245 e. The van der Waals surface area contributed by atoms with Gasteiger partial charge in [0.05, 0.1) is 0 Å². The van der Waals surface area contributed by atoms with Gasteiger partial charge in [-0.05, 0) is 73.6 Å². The first-order valence-electron chi connectivity index (χ1n) is 15.7. The molecule has 3 N–H and O–H groups in total. The highest BCUT2D eigenvalue weighted by Crippen LogP contribution is 2.25. The van der Waals surface area contributed by atoms with Crippen LogP contribution in [0, 0.1) is 5.92 Å². The van der Waals surface area contributed by atoms with Gasteiger partial charge in [0.2, 0.25) is 11.8 Å². The minimum Gasteiger partial charge on any atom is -0.344 e.